The molecule has 2 aromatic carbocycles. The van der Waals surface area contributed by atoms with Crippen LogP contribution in [-0.2, 0) is 24.3 Å². The van der Waals surface area contributed by atoms with Crippen molar-refractivity contribution in [2.24, 2.45) is 11.7 Å². The van der Waals surface area contributed by atoms with Gasteiger partial charge in [0.15, 0.2) is 0 Å². The highest BCUT2D eigenvalue weighted by molar-refractivity contribution is 5.97. The Balaban J connectivity index is 1.72. The fourth-order valence-corrected chi connectivity index (χ4v) is 4.17. The number of ether oxygens (including phenoxy) is 2. The number of aryl methyl sites for hydroxylation is 1. The van der Waals surface area contributed by atoms with Crippen molar-refractivity contribution in [1.29, 1.82) is 0 Å². The Kier molecular flexibility index (Phi) is 7.51. The molecule has 6 nitrogen and oxygen atoms in total. The quantitative estimate of drug-likeness (QED) is 0.291. The minimum Gasteiger partial charge on any atom is -0.489 e. The Labute approximate surface area is 206 Å². The second kappa shape index (κ2) is 10.7. The first-order chi connectivity index (χ1) is 16.9. The average molecular weight is 473 g/mol. The molecule has 0 amide bonds. The SMILES string of the molecule is CCOC(=O)c1cc(COc2ccc3nc(CC(C)C)c(CN)c(-c4ccc(C)cc4)c3c2)co1. The van der Waals surface area contributed by atoms with Crippen LogP contribution in [0.2, 0.25) is 0 Å². The number of esters is 1. The molecule has 4 aromatic rings. The number of nitrogens with zero attached hydrogens (tertiary/aromatic N) is 1. The van der Waals surface area contributed by atoms with E-state index in [9.17, 15) is 4.79 Å². The number of hydrogen-bond donors (Lipinski definition) is 1. The van der Waals surface area contributed by atoms with Crippen molar-refractivity contribution in [3.05, 3.63) is 82.9 Å². The van der Waals surface area contributed by atoms with Crippen molar-refractivity contribution in [2.45, 2.75) is 47.3 Å². The number of nitrogens with two attached hydrogens (primary N) is 1. The zero-order valence-corrected chi connectivity index (χ0v) is 20.8. The van der Waals surface area contributed by atoms with Crippen LogP contribution in [0.15, 0.2) is 59.2 Å². The van der Waals surface area contributed by atoms with Crippen molar-refractivity contribution in [2.75, 3.05) is 6.61 Å². The minimum absolute atomic E-state index is 0.167. The third-order valence-electron chi connectivity index (χ3n) is 5.82. The van der Waals surface area contributed by atoms with Gasteiger partial charge in [0.2, 0.25) is 5.76 Å². The van der Waals surface area contributed by atoms with Crippen LogP contribution in [0.25, 0.3) is 22.0 Å². The average Bonchev–Trinajstić information content (AvgIpc) is 3.32. The number of benzene rings is 2. The summed E-state index contributed by atoms with van der Waals surface area (Å²) in [6, 6.07) is 16.1. The summed E-state index contributed by atoms with van der Waals surface area (Å²) in [6.45, 7) is 9.19. The van der Waals surface area contributed by atoms with E-state index in [0.717, 1.165) is 45.3 Å². The number of carbonyl (C=O) groups excluding carboxylic acids is 1. The number of aromatic nitrogens is 1. The van der Waals surface area contributed by atoms with Crippen molar-refractivity contribution in [3.8, 4) is 16.9 Å². The molecule has 0 atom stereocenters. The molecule has 2 aromatic heterocycles. The predicted octanol–water partition coefficient (Wildman–Crippen LogP) is 6.22. The van der Waals surface area contributed by atoms with Crippen LogP contribution in [0.3, 0.4) is 0 Å². The lowest BCUT2D eigenvalue weighted by Crippen LogP contribution is -2.10. The maximum Gasteiger partial charge on any atom is 0.374 e. The first-order valence-electron chi connectivity index (χ1n) is 12.0. The topological polar surface area (TPSA) is 87.6 Å². The van der Waals surface area contributed by atoms with Crippen LogP contribution in [0, 0.1) is 12.8 Å². The molecule has 0 aliphatic rings. The molecule has 0 bridgehead atoms. The van der Waals surface area contributed by atoms with Crippen molar-refractivity contribution in [3.63, 3.8) is 0 Å². The monoisotopic (exact) mass is 472 g/mol. The van der Waals surface area contributed by atoms with Crippen LogP contribution in [0.4, 0.5) is 0 Å². The van der Waals surface area contributed by atoms with Gasteiger partial charge in [-0.15, -0.1) is 0 Å². The van der Waals surface area contributed by atoms with E-state index in [-0.39, 0.29) is 12.4 Å². The van der Waals surface area contributed by atoms with Crippen LogP contribution in [-0.4, -0.2) is 17.6 Å². The van der Waals surface area contributed by atoms with E-state index in [1.54, 1.807) is 13.0 Å². The Morgan fingerprint density at radius 1 is 1.11 bits per heavy atom. The second-order valence-corrected chi connectivity index (χ2v) is 9.09. The molecular formula is C29H32N2O4. The van der Waals surface area contributed by atoms with Gasteiger partial charge in [-0.3, -0.25) is 4.98 Å². The number of furan rings is 1. The van der Waals surface area contributed by atoms with Gasteiger partial charge in [0.05, 0.1) is 18.4 Å². The van der Waals surface area contributed by atoms with E-state index in [1.807, 2.05) is 18.2 Å². The van der Waals surface area contributed by atoms with Gasteiger partial charge in [0.1, 0.15) is 12.4 Å². The van der Waals surface area contributed by atoms with Crippen molar-refractivity contribution < 1.29 is 18.7 Å². The summed E-state index contributed by atoms with van der Waals surface area (Å²) < 4.78 is 16.4. The minimum atomic E-state index is -0.482. The van der Waals surface area contributed by atoms with Gasteiger partial charge in [0, 0.05) is 23.2 Å². The van der Waals surface area contributed by atoms with E-state index in [1.165, 1.54) is 11.8 Å². The Bertz CT molecular complexity index is 1320. The number of hydrogen-bond acceptors (Lipinski definition) is 6. The molecule has 0 radical (unpaired) electrons. The van der Waals surface area contributed by atoms with Crippen LogP contribution in [0.1, 0.15) is 53.7 Å². The summed E-state index contributed by atoms with van der Waals surface area (Å²) in [5, 5.41) is 0.999. The van der Waals surface area contributed by atoms with Gasteiger partial charge in [-0.1, -0.05) is 43.7 Å². The number of pyridine rings is 1. The highest BCUT2D eigenvalue weighted by Gasteiger charge is 2.18. The van der Waals surface area contributed by atoms with Gasteiger partial charge < -0.3 is 19.6 Å². The Morgan fingerprint density at radius 2 is 1.89 bits per heavy atom. The first-order valence-corrected chi connectivity index (χ1v) is 12.0. The van der Waals surface area contributed by atoms with E-state index in [0.29, 0.717) is 24.8 Å². The number of carbonyl (C=O) groups is 1. The summed E-state index contributed by atoms with van der Waals surface area (Å²) in [5.74, 6) is 0.851. The van der Waals surface area contributed by atoms with Gasteiger partial charge in [-0.2, -0.15) is 0 Å². The lowest BCUT2D eigenvalue weighted by atomic mass is 9.91. The maximum absolute atomic E-state index is 11.9. The van der Waals surface area contributed by atoms with Gasteiger partial charge in [-0.25, -0.2) is 4.79 Å². The Morgan fingerprint density at radius 3 is 2.57 bits per heavy atom. The molecule has 182 valence electrons. The summed E-state index contributed by atoms with van der Waals surface area (Å²) in [7, 11) is 0. The zero-order chi connectivity index (χ0) is 24.9. The summed E-state index contributed by atoms with van der Waals surface area (Å²) >= 11 is 0. The predicted molar refractivity (Wildman–Crippen MR) is 137 cm³/mol. The van der Waals surface area contributed by atoms with Gasteiger partial charge in [-0.05, 0) is 67.1 Å². The smallest absolute Gasteiger partial charge is 0.374 e. The molecule has 0 aliphatic carbocycles. The molecule has 0 spiro atoms. The molecule has 4 rings (SSSR count). The molecule has 0 saturated carbocycles. The first kappa shape index (κ1) is 24.5. The number of fused-ring (bicyclic) bond motifs is 1. The second-order valence-electron chi connectivity index (χ2n) is 9.09. The largest absolute Gasteiger partial charge is 0.489 e. The van der Waals surface area contributed by atoms with Crippen LogP contribution >= 0.6 is 0 Å². The van der Waals surface area contributed by atoms with E-state index >= 15 is 0 Å². The van der Waals surface area contributed by atoms with Crippen molar-refractivity contribution in [1.82, 2.24) is 4.98 Å². The standard InChI is InChI=1S/C29H32N2O4/c1-5-33-29(32)27-13-20(17-35-27)16-34-22-10-11-25-23(14-22)28(21-8-6-19(4)7-9-21)24(15-30)26(31-25)12-18(2)3/h6-11,13-14,17-18H,5,12,15-16,30H2,1-4H3. The summed E-state index contributed by atoms with van der Waals surface area (Å²) in [5.41, 5.74) is 13.5. The van der Waals surface area contributed by atoms with Crippen LogP contribution in [0.5, 0.6) is 5.75 Å². The van der Waals surface area contributed by atoms with E-state index in [4.69, 9.17) is 24.6 Å². The van der Waals surface area contributed by atoms with Crippen LogP contribution < -0.4 is 10.5 Å². The molecule has 35 heavy (non-hydrogen) atoms. The number of rotatable bonds is 9. The lowest BCUT2D eigenvalue weighted by Gasteiger charge is -2.18. The molecule has 0 saturated heterocycles. The summed E-state index contributed by atoms with van der Waals surface area (Å²) in [4.78, 5) is 16.8. The normalized spacial score (nSPS) is 11.3. The summed E-state index contributed by atoms with van der Waals surface area (Å²) in [6.07, 6.45) is 2.38. The van der Waals surface area contributed by atoms with Gasteiger partial charge in [0.25, 0.3) is 0 Å². The molecule has 0 aliphatic heterocycles. The molecule has 6 heteroatoms. The maximum atomic E-state index is 11.9. The molecular weight excluding hydrogens is 440 g/mol. The zero-order valence-electron chi connectivity index (χ0n) is 20.8. The molecule has 0 fully saturated rings. The van der Waals surface area contributed by atoms with Gasteiger partial charge >= 0.3 is 5.97 Å². The molecule has 2 heterocycles. The third-order valence-corrected chi connectivity index (χ3v) is 5.82. The molecule has 2 N–H and O–H groups in total. The lowest BCUT2D eigenvalue weighted by molar-refractivity contribution is 0.0490. The van der Waals surface area contributed by atoms with E-state index < -0.39 is 5.97 Å². The highest BCUT2D eigenvalue weighted by atomic mass is 16.5. The van der Waals surface area contributed by atoms with Crippen molar-refractivity contribution >= 4 is 16.9 Å². The molecule has 0 unspecified atom stereocenters. The highest BCUT2D eigenvalue weighted by Crippen LogP contribution is 2.36. The van der Waals surface area contributed by atoms with E-state index in [2.05, 4.69) is 45.0 Å². The fourth-order valence-electron chi connectivity index (χ4n) is 4.17. The fraction of sp³-hybridized carbons (Fsp3) is 0.310. The Hall–Kier alpha value is -3.64. The third kappa shape index (κ3) is 5.54.